The van der Waals surface area contributed by atoms with E-state index in [1.165, 1.54) is 19.2 Å². The lowest BCUT2D eigenvalue weighted by molar-refractivity contribution is -0.144. The number of sulfonamides is 1. The van der Waals surface area contributed by atoms with E-state index in [0.717, 1.165) is 4.31 Å². The Kier molecular flexibility index (Phi) is 5.26. The lowest BCUT2D eigenvalue weighted by atomic mass is 10.2. The van der Waals surface area contributed by atoms with Gasteiger partial charge in [-0.2, -0.15) is 4.31 Å². The van der Waals surface area contributed by atoms with Crippen molar-refractivity contribution in [2.75, 3.05) is 13.7 Å². The second-order valence-corrected chi connectivity index (χ2v) is 7.89. The summed E-state index contributed by atoms with van der Waals surface area (Å²) in [5.41, 5.74) is 5.86. The van der Waals surface area contributed by atoms with Crippen LogP contribution in [0.4, 0.5) is 0 Å². The van der Waals surface area contributed by atoms with Crippen LogP contribution in [-0.4, -0.2) is 44.4 Å². The SMILES string of the molecule is COC(=O)[C@H]1C[C@H](N)CN1S(=O)(=O)c1ccc(Oc2ccccc2)cc1. The minimum atomic E-state index is -3.87. The summed E-state index contributed by atoms with van der Waals surface area (Å²) >= 11 is 0. The molecule has 0 saturated carbocycles. The van der Waals surface area contributed by atoms with Gasteiger partial charge in [0.25, 0.3) is 0 Å². The number of ether oxygens (including phenoxy) is 2. The molecule has 1 fully saturated rings. The highest BCUT2D eigenvalue weighted by Crippen LogP contribution is 2.28. The number of rotatable bonds is 5. The van der Waals surface area contributed by atoms with Crippen LogP contribution in [0.3, 0.4) is 0 Å². The van der Waals surface area contributed by atoms with E-state index in [9.17, 15) is 13.2 Å². The summed E-state index contributed by atoms with van der Waals surface area (Å²) in [5, 5.41) is 0. The second-order valence-electron chi connectivity index (χ2n) is 6.00. The van der Waals surface area contributed by atoms with Gasteiger partial charge in [0.05, 0.1) is 12.0 Å². The Morgan fingerprint density at radius 2 is 1.69 bits per heavy atom. The average Bonchev–Trinajstić information content (AvgIpc) is 3.05. The van der Waals surface area contributed by atoms with E-state index in [1.807, 2.05) is 18.2 Å². The van der Waals surface area contributed by atoms with Gasteiger partial charge in [0.2, 0.25) is 10.0 Å². The molecule has 2 aromatic rings. The van der Waals surface area contributed by atoms with E-state index in [2.05, 4.69) is 0 Å². The number of carbonyl (C=O) groups excluding carboxylic acids is 1. The molecule has 1 aliphatic rings. The van der Waals surface area contributed by atoms with Gasteiger partial charge >= 0.3 is 5.97 Å². The fourth-order valence-electron chi connectivity index (χ4n) is 2.89. The standard InChI is InChI=1S/C18H20N2O5S/c1-24-18(21)17-11-13(19)12-20(17)26(22,23)16-9-7-15(8-10-16)25-14-5-3-2-4-6-14/h2-10,13,17H,11-12,19H2,1H3/t13-,17+/m0/s1. The van der Waals surface area contributed by atoms with Crippen molar-refractivity contribution in [3.63, 3.8) is 0 Å². The van der Waals surface area contributed by atoms with Gasteiger partial charge in [-0.3, -0.25) is 4.79 Å². The first-order chi connectivity index (χ1) is 12.4. The predicted molar refractivity (Wildman–Crippen MR) is 95.2 cm³/mol. The number of methoxy groups -OCH3 is 1. The molecule has 2 atom stereocenters. The monoisotopic (exact) mass is 376 g/mol. The van der Waals surface area contributed by atoms with Crippen molar-refractivity contribution in [2.45, 2.75) is 23.4 Å². The van der Waals surface area contributed by atoms with Crippen molar-refractivity contribution < 1.29 is 22.7 Å². The quantitative estimate of drug-likeness (QED) is 0.798. The van der Waals surface area contributed by atoms with E-state index < -0.39 is 28.1 Å². The van der Waals surface area contributed by atoms with Gasteiger partial charge in [-0.25, -0.2) is 8.42 Å². The van der Waals surface area contributed by atoms with Gasteiger partial charge in [0.1, 0.15) is 17.5 Å². The molecule has 8 heteroatoms. The number of benzene rings is 2. The highest BCUT2D eigenvalue weighted by molar-refractivity contribution is 7.89. The smallest absolute Gasteiger partial charge is 0.324 e. The fraction of sp³-hybridized carbons (Fsp3) is 0.278. The second kappa shape index (κ2) is 7.45. The molecule has 0 unspecified atom stereocenters. The maximum absolute atomic E-state index is 12.9. The maximum atomic E-state index is 12.9. The summed E-state index contributed by atoms with van der Waals surface area (Å²) in [4.78, 5) is 12.0. The molecule has 1 heterocycles. The molecule has 138 valence electrons. The minimum absolute atomic E-state index is 0.0703. The maximum Gasteiger partial charge on any atom is 0.324 e. The van der Waals surface area contributed by atoms with Gasteiger partial charge in [0.15, 0.2) is 0 Å². The number of nitrogens with two attached hydrogens (primary N) is 1. The molecule has 26 heavy (non-hydrogen) atoms. The van der Waals surface area contributed by atoms with Crippen molar-refractivity contribution in [2.24, 2.45) is 5.73 Å². The molecule has 0 aliphatic carbocycles. The number of nitrogens with zero attached hydrogens (tertiary/aromatic N) is 1. The average molecular weight is 376 g/mol. The van der Waals surface area contributed by atoms with E-state index in [0.29, 0.717) is 11.5 Å². The molecule has 1 aliphatic heterocycles. The highest BCUT2D eigenvalue weighted by atomic mass is 32.2. The Bertz CT molecular complexity index is 868. The molecule has 3 rings (SSSR count). The normalized spacial score (nSPS) is 20.7. The summed E-state index contributed by atoms with van der Waals surface area (Å²) in [5.74, 6) is 0.558. The molecule has 2 N–H and O–H groups in total. The van der Waals surface area contributed by atoms with E-state index in [-0.39, 0.29) is 17.9 Å². The van der Waals surface area contributed by atoms with Gasteiger partial charge in [0, 0.05) is 12.6 Å². The van der Waals surface area contributed by atoms with Crippen LogP contribution in [0.1, 0.15) is 6.42 Å². The van der Waals surface area contributed by atoms with E-state index in [1.54, 1.807) is 24.3 Å². The van der Waals surface area contributed by atoms with Crippen LogP contribution in [0.2, 0.25) is 0 Å². The van der Waals surface area contributed by atoms with Crippen molar-refractivity contribution in [1.82, 2.24) is 4.31 Å². The largest absolute Gasteiger partial charge is 0.468 e. The fourth-order valence-corrected chi connectivity index (χ4v) is 4.54. The number of esters is 1. The third-order valence-electron chi connectivity index (χ3n) is 4.17. The molecule has 2 aromatic carbocycles. The minimum Gasteiger partial charge on any atom is -0.468 e. The zero-order valence-corrected chi connectivity index (χ0v) is 15.1. The molecule has 0 radical (unpaired) electrons. The first-order valence-corrected chi connectivity index (χ1v) is 9.54. The van der Waals surface area contributed by atoms with Crippen molar-refractivity contribution in [3.8, 4) is 11.5 Å². The van der Waals surface area contributed by atoms with Crippen molar-refractivity contribution in [1.29, 1.82) is 0 Å². The highest BCUT2D eigenvalue weighted by Gasteiger charge is 2.43. The van der Waals surface area contributed by atoms with Crippen LogP contribution < -0.4 is 10.5 Å². The number of hydrogen-bond donors (Lipinski definition) is 1. The zero-order valence-electron chi connectivity index (χ0n) is 14.2. The molecule has 0 bridgehead atoms. The number of para-hydroxylation sites is 1. The lowest BCUT2D eigenvalue weighted by Crippen LogP contribution is -2.41. The van der Waals surface area contributed by atoms with Gasteiger partial charge in [-0.15, -0.1) is 0 Å². The third-order valence-corrected chi connectivity index (χ3v) is 6.06. The Labute approximate surface area is 152 Å². The third kappa shape index (κ3) is 3.72. The summed E-state index contributed by atoms with van der Waals surface area (Å²) in [7, 11) is -2.64. The van der Waals surface area contributed by atoms with Crippen LogP contribution in [0.25, 0.3) is 0 Å². The lowest BCUT2D eigenvalue weighted by Gasteiger charge is -2.22. The van der Waals surface area contributed by atoms with Crippen molar-refractivity contribution in [3.05, 3.63) is 54.6 Å². The summed E-state index contributed by atoms with van der Waals surface area (Å²) in [6, 6.07) is 13.9. The van der Waals surface area contributed by atoms with Gasteiger partial charge < -0.3 is 15.2 Å². The number of hydrogen-bond acceptors (Lipinski definition) is 6. The topological polar surface area (TPSA) is 98.9 Å². The Morgan fingerprint density at radius 1 is 1.08 bits per heavy atom. The molecular weight excluding hydrogens is 356 g/mol. The molecule has 0 spiro atoms. The van der Waals surface area contributed by atoms with E-state index in [4.69, 9.17) is 15.2 Å². The molecular formula is C18H20N2O5S. The Morgan fingerprint density at radius 3 is 2.31 bits per heavy atom. The van der Waals surface area contributed by atoms with Crippen LogP contribution in [-0.2, 0) is 19.6 Å². The van der Waals surface area contributed by atoms with E-state index >= 15 is 0 Å². The first kappa shape index (κ1) is 18.4. The number of carbonyl (C=O) groups is 1. The van der Waals surface area contributed by atoms with Gasteiger partial charge in [-0.05, 0) is 42.8 Å². The molecule has 0 aromatic heterocycles. The van der Waals surface area contributed by atoms with Crippen LogP contribution >= 0.6 is 0 Å². The first-order valence-electron chi connectivity index (χ1n) is 8.10. The van der Waals surface area contributed by atoms with Gasteiger partial charge in [-0.1, -0.05) is 18.2 Å². The molecule has 7 nitrogen and oxygen atoms in total. The molecule has 1 saturated heterocycles. The van der Waals surface area contributed by atoms with Crippen LogP contribution in [0, 0.1) is 0 Å². The Balaban J connectivity index is 1.82. The molecule has 0 amide bonds. The predicted octanol–water partition coefficient (Wildman–Crippen LogP) is 1.74. The van der Waals surface area contributed by atoms with Crippen molar-refractivity contribution >= 4 is 16.0 Å². The summed E-state index contributed by atoms with van der Waals surface area (Å²) in [6.07, 6.45) is 0.237. The van der Waals surface area contributed by atoms with Crippen LogP contribution in [0.15, 0.2) is 59.5 Å². The zero-order chi connectivity index (χ0) is 18.7. The summed E-state index contributed by atoms with van der Waals surface area (Å²) < 4.78 is 37.3. The van der Waals surface area contributed by atoms with Crippen LogP contribution in [0.5, 0.6) is 11.5 Å². The Hall–Kier alpha value is -2.42. The summed E-state index contributed by atoms with van der Waals surface area (Å²) in [6.45, 7) is 0.0738.